The highest BCUT2D eigenvalue weighted by Gasteiger charge is 2.17. The van der Waals surface area contributed by atoms with E-state index in [0.29, 0.717) is 6.42 Å². The van der Waals surface area contributed by atoms with Gasteiger partial charge in [-0.05, 0) is 19.3 Å². The summed E-state index contributed by atoms with van der Waals surface area (Å²) < 4.78 is 0. The fourth-order valence-corrected chi connectivity index (χ4v) is 1.91. The van der Waals surface area contributed by atoms with Crippen molar-refractivity contribution in [3.63, 3.8) is 0 Å². The van der Waals surface area contributed by atoms with Gasteiger partial charge < -0.3 is 15.5 Å². The Morgan fingerprint density at radius 2 is 1.85 bits per heavy atom. The normalized spacial score (nSPS) is 14.4. The number of rotatable bonds is 12. The summed E-state index contributed by atoms with van der Waals surface area (Å²) in [5, 5.41) is 21.8. The molecule has 118 valence electrons. The molecule has 0 aromatic carbocycles. The molecule has 2 atom stereocenters. The first kappa shape index (κ1) is 19.1. The number of allylic oxidation sites excluding steroid dienone is 1. The summed E-state index contributed by atoms with van der Waals surface area (Å²) in [6.45, 7) is 3.94. The molecule has 0 spiro atoms. The van der Waals surface area contributed by atoms with E-state index < -0.39 is 12.1 Å². The van der Waals surface area contributed by atoms with Gasteiger partial charge in [0.2, 0.25) is 5.91 Å². The second kappa shape index (κ2) is 13.1. The highest BCUT2D eigenvalue weighted by atomic mass is 16.3. The van der Waals surface area contributed by atoms with Gasteiger partial charge in [0.05, 0.1) is 18.8 Å². The maximum Gasteiger partial charge on any atom is 0.220 e. The minimum absolute atomic E-state index is 0.110. The molecule has 0 radical (unpaired) electrons. The molecule has 0 aliphatic carbocycles. The number of unbranched alkanes of at least 4 members (excludes halogenated alkanes) is 5. The van der Waals surface area contributed by atoms with Crippen molar-refractivity contribution in [2.75, 3.05) is 6.61 Å². The van der Waals surface area contributed by atoms with Crippen LogP contribution in [0.4, 0.5) is 0 Å². The van der Waals surface area contributed by atoms with Crippen LogP contribution in [0.1, 0.15) is 65.2 Å². The molecule has 0 aliphatic heterocycles. The standard InChI is InChI=1S/C16H31NO3/c1-3-5-7-8-9-10-11-15(19)14(13-18)17-16(20)12-6-4-2/h10-11,14-15,18-19H,3-9,12-13H2,1-2H3,(H,17,20)/b11-10+. The van der Waals surface area contributed by atoms with Crippen LogP contribution in [0.15, 0.2) is 12.2 Å². The first-order chi connectivity index (χ1) is 9.65. The minimum Gasteiger partial charge on any atom is -0.394 e. The average Bonchev–Trinajstić information content (AvgIpc) is 2.45. The predicted octanol–water partition coefficient (Wildman–Crippen LogP) is 2.54. The fraction of sp³-hybridized carbons (Fsp3) is 0.812. The summed E-state index contributed by atoms with van der Waals surface area (Å²) in [6.07, 6.45) is 10.7. The van der Waals surface area contributed by atoms with Crippen molar-refractivity contribution in [2.45, 2.75) is 77.4 Å². The Morgan fingerprint density at radius 3 is 2.45 bits per heavy atom. The van der Waals surface area contributed by atoms with Crippen LogP contribution in [-0.4, -0.2) is 34.9 Å². The minimum atomic E-state index is -0.822. The lowest BCUT2D eigenvalue weighted by Gasteiger charge is -2.19. The summed E-state index contributed by atoms with van der Waals surface area (Å²) in [5.74, 6) is -0.110. The molecule has 0 aliphatic rings. The Morgan fingerprint density at radius 1 is 1.15 bits per heavy atom. The molecule has 0 fully saturated rings. The van der Waals surface area contributed by atoms with Crippen molar-refractivity contribution in [3.05, 3.63) is 12.2 Å². The molecule has 1 amide bonds. The number of carbonyl (C=O) groups is 1. The number of nitrogens with one attached hydrogen (secondary N) is 1. The van der Waals surface area contributed by atoms with Crippen LogP contribution in [-0.2, 0) is 4.79 Å². The molecule has 0 aromatic rings. The molecular weight excluding hydrogens is 254 g/mol. The molecule has 20 heavy (non-hydrogen) atoms. The van der Waals surface area contributed by atoms with E-state index in [1.165, 1.54) is 19.3 Å². The number of carbonyl (C=O) groups excluding carboxylic acids is 1. The van der Waals surface area contributed by atoms with Crippen LogP contribution >= 0.6 is 0 Å². The van der Waals surface area contributed by atoms with E-state index in [2.05, 4.69) is 12.2 Å². The van der Waals surface area contributed by atoms with Crippen LogP contribution in [0.2, 0.25) is 0 Å². The smallest absolute Gasteiger partial charge is 0.220 e. The number of hydrogen-bond donors (Lipinski definition) is 3. The molecule has 0 saturated heterocycles. The SMILES string of the molecule is CCCCCC/C=C/C(O)C(CO)NC(=O)CCCC. The summed E-state index contributed by atoms with van der Waals surface area (Å²) in [6, 6.07) is -0.605. The van der Waals surface area contributed by atoms with E-state index in [1.54, 1.807) is 6.08 Å². The Hall–Kier alpha value is -0.870. The van der Waals surface area contributed by atoms with Crippen LogP contribution in [0.3, 0.4) is 0 Å². The first-order valence-electron chi connectivity index (χ1n) is 7.90. The van der Waals surface area contributed by atoms with Crippen LogP contribution in [0.25, 0.3) is 0 Å². The molecule has 0 bridgehead atoms. The van der Waals surface area contributed by atoms with Crippen molar-refractivity contribution in [1.29, 1.82) is 0 Å². The Bertz CT molecular complexity index is 266. The number of aliphatic hydroxyl groups is 2. The molecule has 3 N–H and O–H groups in total. The van der Waals surface area contributed by atoms with E-state index in [4.69, 9.17) is 0 Å². The van der Waals surface area contributed by atoms with Gasteiger partial charge in [-0.2, -0.15) is 0 Å². The summed E-state index contributed by atoms with van der Waals surface area (Å²) in [4.78, 5) is 11.6. The van der Waals surface area contributed by atoms with Crippen molar-refractivity contribution < 1.29 is 15.0 Å². The Kier molecular flexibility index (Phi) is 12.6. The zero-order chi connectivity index (χ0) is 15.2. The highest BCUT2D eigenvalue weighted by Crippen LogP contribution is 2.05. The quantitative estimate of drug-likeness (QED) is 0.381. The van der Waals surface area contributed by atoms with Crippen molar-refractivity contribution in [3.8, 4) is 0 Å². The Balaban J connectivity index is 3.97. The van der Waals surface area contributed by atoms with Crippen molar-refractivity contribution in [2.24, 2.45) is 0 Å². The van der Waals surface area contributed by atoms with Crippen molar-refractivity contribution in [1.82, 2.24) is 5.32 Å². The summed E-state index contributed by atoms with van der Waals surface area (Å²) >= 11 is 0. The number of aliphatic hydroxyl groups excluding tert-OH is 2. The third-order valence-corrected chi connectivity index (χ3v) is 3.27. The van der Waals surface area contributed by atoms with E-state index in [9.17, 15) is 15.0 Å². The predicted molar refractivity (Wildman–Crippen MR) is 82.4 cm³/mol. The van der Waals surface area contributed by atoms with E-state index >= 15 is 0 Å². The summed E-state index contributed by atoms with van der Waals surface area (Å²) in [5.41, 5.74) is 0. The first-order valence-corrected chi connectivity index (χ1v) is 7.90. The van der Waals surface area contributed by atoms with Gasteiger partial charge >= 0.3 is 0 Å². The molecular formula is C16H31NO3. The summed E-state index contributed by atoms with van der Waals surface area (Å²) in [7, 11) is 0. The molecule has 2 unspecified atom stereocenters. The monoisotopic (exact) mass is 285 g/mol. The van der Waals surface area contributed by atoms with Gasteiger partial charge in [0.1, 0.15) is 0 Å². The largest absolute Gasteiger partial charge is 0.394 e. The van der Waals surface area contributed by atoms with E-state index in [-0.39, 0.29) is 12.5 Å². The van der Waals surface area contributed by atoms with E-state index in [1.807, 2.05) is 13.0 Å². The van der Waals surface area contributed by atoms with Crippen LogP contribution < -0.4 is 5.32 Å². The van der Waals surface area contributed by atoms with Crippen molar-refractivity contribution >= 4 is 5.91 Å². The third kappa shape index (κ3) is 9.98. The highest BCUT2D eigenvalue weighted by molar-refractivity contribution is 5.76. The third-order valence-electron chi connectivity index (χ3n) is 3.27. The molecule has 0 rings (SSSR count). The van der Waals surface area contributed by atoms with E-state index in [0.717, 1.165) is 25.7 Å². The molecule has 0 saturated carbocycles. The van der Waals surface area contributed by atoms with Gasteiger partial charge in [0.25, 0.3) is 0 Å². The van der Waals surface area contributed by atoms with Gasteiger partial charge in [0, 0.05) is 6.42 Å². The topological polar surface area (TPSA) is 69.6 Å². The molecule has 4 nitrogen and oxygen atoms in total. The number of hydrogen-bond acceptors (Lipinski definition) is 3. The molecule has 0 heterocycles. The molecule has 0 aromatic heterocycles. The van der Waals surface area contributed by atoms with Gasteiger partial charge in [-0.3, -0.25) is 4.79 Å². The Labute approximate surface area is 123 Å². The lowest BCUT2D eigenvalue weighted by molar-refractivity contribution is -0.122. The second-order valence-electron chi connectivity index (χ2n) is 5.23. The maximum absolute atomic E-state index is 11.6. The molecule has 4 heteroatoms. The maximum atomic E-state index is 11.6. The lowest BCUT2D eigenvalue weighted by Crippen LogP contribution is -2.45. The number of amides is 1. The lowest BCUT2D eigenvalue weighted by atomic mass is 10.1. The van der Waals surface area contributed by atoms with Gasteiger partial charge in [-0.15, -0.1) is 0 Å². The second-order valence-corrected chi connectivity index (χ2v) is 5.23. The zero-order valence-electron chi connectivity index (χ0n) is 13.0. The van der Waals surface area contributed by atoms with Crippen LogP contribution in [0.5, 0.6) is 0 Å². The van der Waals surface area contributed by atoms with Gasteiger partial charge in [-0.25, -0.2) is 0 Å². The average molecular weight is 285 g/mol. The fourth-order valence-electron chi connectivity index (χ4n) is 1.91. The van der Waals surface area contributed by atoms with Gasteiger partial charge in [0.15, 0.2) is 0 Å². The zero-order valence-corrected chi connectivity index (χ0v) is 13.0. The van der Waals surface area contributed by atoms with Crippen LogP contribution in [0, 0.1) is 0 Å². The van der Waals surface area contributed by atoms with Gasteiger partial charge in [-0.1, -0.05) is 51.7 Å².